The highest BCUT2D eigenvalue weighted by Crippen LogP contribution is 2.56. The Kier molecular flexibility index (Phi) is 6.78. The van der Waals surface area contributed by atoms with E-state index in [9.17, 15) is 38.3 Å². The molecule has 3 saturated carbocycles. The second-order valence-electron chi connectivity index (χ2n) is 11.4. The molecule has 0 unspecified atom stereocenters. The fourth-order valence-electron chi connectivity index (χ4n) is 6.06. The molecule has 6 N–H and O–H groups in total. The molecule has 3 aliphatic carbocycles. The first kappa shape index (κ1) is 28.7. The Hall–Kier alpha value is -5.41. The zero-order chi connectivity index (χ0) is 31.4. The van der Waals surface area contributed by atoms with Gasteiger partial charge in [-0.05, 0) is 72.9 Å². The molecule has 228 valence electrons. The molecule has 15 nitrogen and oxygen atoms in total. The lowest BCUT2D eigenvalue weighted by molar-refractivity contribution is -0.158. The molecular weight excluding hydrogens is 581 g/mol. The standard InChI is InChI=1S/C28H26FN7O8/c29-14-2-1-13(9-15(14)33-19-18(30)20(37)21(19)38)11-31-22(39)16-10-17(36-25(34-16)35-44-26(36)43)23(40)32-12-27-3-6-28(7-4-27,8-5-27)24(41)42/h1-2,9-10,33H,3-8,11-12,30H2,(H,31,39)(H,32,40)(H,41,42). The number of benzene rings is 1. The van der Waals surface area contributed by atoms with Crippen LogP contribution in [0.4, 0.5) is 21.5 Å². The molecule has 0 spiro atoms. The number of carbonyl (C=O) groups excluding carboxylic acids is 2. The lowest BCUT2D eigenvalue weighted by atomic mass is 9.53. The molecule has 44 heavy (non-hydrogen) atoms. The first-order chi connectivity index (χ1) is 20.9. The van der Waals surface area contributed by atoms with Crippen molar-refractivity contribution >= 4 is 40.6 Å². The summed E-state index contributed by atoms with van der Waals surface area (Å²) >= 11 is 0. The van der Waals surface area contributed by atoms with Gasteiger partial charge in [-0.25, -0.2) is 18.6 Å². The van der Waals surface area contributed by atoms with Crippen LogP contribution in [0.15, 0.2) is 43.2 Å². The van der Waals surface area contributed by atoms with Crippen molar-refractivity contribution in [1.29, 1.82) is 0 Å². The lowest BCUT2D eigenvalue weighted by Crippen LogP contribution is -2.50. The predicted molar refractivity (Wildman–Crippen MR) is 151 cm³/mol. The van der Waals surface area contributed by atoms with Crippen molar-refractivity contribution in [2.75, 3.05) is 17.6 Å². The number of carboxylic acid groups (broad SMARTS) is 1. The molecular formula is C28H26FN7O8. The lowest BCUT2D eigenvalue weighted by Gasteiger charge is -2.51. The number of nitrogens with zero attached hydrogens (tertiary/aromatic N) is 3. The van der Waals surface area contributed by atoms with Gasteiger partial charge < -0.3 is 26.8 Å². The first-order valence-corrected chi connectivity index (χ1v) is 13.8. The van der Waals surface area contributed by atoms with Crippen molar-refractivity contribution in [2.24, 2.45) is 10.8 Å². The van der Waals surface area contributed by atoms with Gasteiger partial charge in [-0.2, -0.15) is 0 Å². The second-order valence-corrected chi connectivity index (χ2v) is 11.4. The zero-order valence-corrected chi connectivity index (χ0v) is 23.1. The van der Waals surface area contributed by atoms with E-state index in [1.807, 2.05) is 0 Å². The highest BCUT2D eigenvalue weighted by Gasteiger charge is 2.52. The van der Waals surface area contributed by atoms with E-state index in [2.05, 4.69) is 30.6 Å². The first-order valence-electron chi connectivity index (χ1n) is 13.8. The van der Waals surface area contributed by atoms with E-state index in [4.69, 9.17) is 5.73 Å². The van der Waals surface area contributed by atoms with Gasteiger partial charge in [0.2, 0.25) is 0 Å². The SMILES string of the molecule is Nc1c(Nc2cc(CNC(=O)c3cc(C(=O)NCC45CCC(C(=O)O)(CC4)CC5)n4c(=O)onc4n3)ccc2F)c(=O)c1=O. The van der Waals surface area contributed by atoms with E-state index in [1.54, 1.807) is 0 Å². The van der Waals surface area contributed by atoms with Crippen LogP contribution in [0.2, 0.25) is 0 Å². The largest absolute Gasteiger partial charge is 0.481 e. The van der Waals surface area contributed by atoms with Gasteiger partial charge in [0, 0.05) is 13.1 Å². The summed E-state index contributed by atoms with van der Waals surface area (Å²) in [5, 5.41) is 21.1. The summed E-state index contributed by atoms with van der Waals surface area (Å²) in [4.78, 5) is 77.5. The maximum atomic E-state index is 14.3. The van der Waals surface area contributed by atoms with Gasteiger partial charge >= 0.3 is 11.7 Å². The third kappa shape index (κ3) is 4.77. The second kappa shape index (κ2) is 10.4. The summed E-state index contributed by atoms with van der Waals surface area (Å²) in [6, 6.07) is 4.92. The Morgan fingerprint density at radius 1 is 1.00 bits per heavy atom. The van der Waals surface area contributed by atoms with Crippen molar-refractivity contribution in [2.45, 2.75) is 45.1 Å². The minimum atomic E-state index is -0.974. The molecule has 3 fully saturated rings. The molecule has 2 aromatic carbocycles. The van der Waals surface area contributed by atoms with Gasteiger partial charge in [-0.1, -0.05) is 6.07 Å². The quantitative estimate of drug-likeness (QED) is 0.167. The van der Waals surface area contributed by atoms with Crippen LogP contribution in [0.1, 0.15) is 65.1 Å². The molecule has 0 saturated heterocycles. The molecule has 0 aliphatic heterocycles. The minimum absolute atomic E-state index is 0.129. The fraction of sp³-hybridized carbons (Fsp3) is 0.357. The van der Waals surface area contributed by atoms with E-state index < -0.39 is 45.6 Å². The Bertz CT molecular complexity index is 1970. The topological polar surface area (TPSA) is 228 Å². The van der Waals surface area contributed by atoms with Crippen LogP contribution in [0.5, 0.6) is 0 Å². The monoisotopic (exact) mass is 607 g/mol. The van der Waals surface area contributed by atoms with Crippen LogP contribution >= 0.6 is 0 Å². The van der Waals surface area contributed by atoms with Gasteiger partial charge in [-0.15, -0.1) is 0 Å². The summed E-state index contributed by atoms with van der Waals surface area (Å²) in [5.41, 5.74) is 2.07. The number of carboxylic acids is 1. The summed E-state index contributed by atoms with van der Waals surface area (Å²) in [6.07, 6.45) is 3.53. The summed E-state index contributed by atoms with van der Waals surface area (Å²) < 4.78 is 19.8. The minimum Gasteiger partial charge on any atom is -0.481 e. The molecule has 0 atom stereocenters. The van der Waals surface area contributed by atoms with Gasteiger partial charge in [0.05, 0.1) is 11.1 Å². The van der Waals surface area contributed by atoms with Crippen molar-refractivity contribution in [3.8, 4) is 0 Å². The fourth-order valence-corrected chi connectivity index (χ4v) is 6.06. The van der Waals surface area contributed by atoms with E-state index in [1.165, 1.54) is 12.1 Å². The van der Waals surface area contributed by atoms with Crippen LogP contribution < -0.4 is 38.3 Å². The maximum Gasteiger partial charge on any atom is 0.448 e. The number of aromatic nitrogens is 3. The normalized spacial score (nSPS) is 20.9. The zero-order valence-electron chi connectivity index (χ0n) is 23.1. The summed E-state index contributed by atoms with van der Waals surface area (Å²) in [6.45, 7) is 0.131. The molecule has 2 heterocycles. The molecule has 7 rings (SSSR count). The number of rotatable bonds is 9. The van der Waals surface area contributed by atoms with E-state index >= 15 is 0 Å². The highest BCUT2D eigenvalue weighted by molar-refractivity contribution is 5.98. The molecule has 4 aromatic rings. The molecule has 2 bridgehead atoms. The number of hydrogen-bond acceptors (Lipinski definition) is 11. The average Bonchev–Trinajstić information content (AvgIpc) is 3.42. The predicted octanol–water partition coefficient (Wildman–Crippen LogP) is 0.828. The number of amides is 2. The summed E-state index contributed by atoms with van der Waals surface area (Å²) in [5.74, 6) is -4.21. The number of nitrogens with one attached hydrogen (secondary N) is 3. The number of nitrogen functional groups attached to an aromatic ring is 1. The van der Waals surface area contributed by atoms with Crippen LogP contribution in [-0.4, -0.2) is 44.0 Å². The number of fused-ring (bicyclic) bond motifs is 4. The van der Waals surface area contributed by atoms with Crippen molar-refractivity contribution in [1.82, 2.24) is 25.2 Å². The van der Waals surface area contributed by atoms with E-state index in [0.717, 1.165) is 16.5 Å². The number of anilines is 3. The van der Waals surface area contributed by atoms with Gasteiger partial charge in [0.15, 0.2) is 0 Å². The molecule has 16 heteroatoms. The van der Waals surface area contributed by atoms with Gasteiger partial charge in [0.1, 0.15) is 28.6 Å². The van der Waals surface area contributed by atoms with Gasteiger partial charge in [-0.3, -0.25) is 28.5 Å². The van der Waals surface area contributed by atoms with Gasteiger partial charge in [0.25, 0.3) is 28.4 Å². The average molecular weight is 608 g/mol. The molecule has 2 amide bonds. The third-order valence-corrected chi connectivity index (χ3v) is 8.96. The maximum absolute atomic E-state index is 14.3. The Morgan fingerprint density at radius 3 is 2.36 bits per heavy atom. The van der Waals surface area contributed by atoms with Crippen LogP contribution in [0.3, 0.4) is 0 Å². The highest BCUT2D eigenvalue weighted by atomic mass is 19.1. The van der Waals surface area contributed by atoms with Crippen LogP contribution in [-0.2, 0) is 11.3 Å². The van der Waals surface area contributed by atoms with Crippen LogP contribution in [0.25, 0.3) is 5.78 Å². The Balaban J connectivity index is 1.16. The molecule has 2 aromatic heterocycles. The van der Waals surface area contributed by atoms with E-state index in [0.29, 0.717) is 44.1 Å². The Morgan fingerprint density at radius 2 is 1.70 bits per heavy atom. The molecule has 3 aliphatic rings. The van der Waals surface area contributed by atoms with Crippen LogP contribution in [0, 0.1) is 16.6 Å². The number of nitrogens with two attached hydrogens (primary N) is 1. The number of hydrogen-bond donors (Lipinski definition) is 5. The van der Waals surface area contributed by atoms with Crippen molar-refractivity contribution < 1.29 is 28.4 Å². The third-order valence-electron chi connectivity index (χ3n) is 8.96. The number of carbonyl (C=O) groups is 3. The smallest absolute Gasteiger partial charge is 0.448 e. The molecule has 0 radical (unpaired) electrons. The van der Waals surface area contributed by atoms with Crippen molar-refractivity contribution in [3.63, 3.8) is 0 Å². The number of halogens is 1. The number of aliphatic carboxylic acids is 1. The van der Waals surface area contributed by atoms with E-state index in [-0.39, 0.29) is 52.7 Å². The van der Waals surface area contributed by atoms with Crippen molar-refractivity contribution in [3.05, 3.63) is 78.0 Å². The Labute approximate surface area is 245 Å². The summed E-state index contributed by atoms with van der Waals surface area (Å²) in [7, 11) is 0.